The number of nitrogens with one attached hydrogen (secondary N) is 1. The number of likely N-dealkylation sites (N-methyl/N-ethyl adjacent to an activating group) is 1. The minimum Gasteiger partial charge on any atom is -0.445 e. The maximum absolute atomic E-state index is 13.0. The molecule has 1 aliphatic carbocycles. The first-order valence-electron chi connectivity index (χ1n) is 14.7. The Balaban J connectivity index is 1.24. The molecular formula is C31H36ClN7O6. The van der Waals surface area contributed by atoms with Gasteiger partial charge in [0.15, 0.2) is 17.0 Å². The highest BCUT2D eigenvalue weighted by Gasteiger charge is 2.40. The quantitative estimate of drug-likeness (QED) is 0.103. The predicted molar refractivity (Wildman–Crippen MR) is 166 cm³/mol. The monoisotopic (exact) mass is 637 g/mol. The zero-order valence-electron chi connectivity index (χ0n) is 24.7. The van der Waals surface area contributed by atoms with E-state index in [0.29, 0.717) is 28.5 Å². The minimum absolute atomic E-state index is 0.0510. The number of nitrogens with zero attached hydrogens (tertiary/aromatic N) is 6. The molecule has 0 aliphatic heterocycles. The second-order valence-electron chi connectivity index (χ2n) is 10.9. The normalized spacial score (nSPS) is 18.5. The van der Waals surface area contributed by atoms with Gasteiger partial charge >= 0.3 is 6.09 Å². The van der Waals surface area contributed by atoms with E-state index in [9.17, 15) is 25.0 Å². The zero-order valence-corrected chi connectivity index (χ0v) is 25.5. The maximum atomic E-state index is 13.0. The number of anilines is 1. The SMILES string of the molecule is CCN(CC(=O)N(O)C1C[C@@H](n2cnc3c(N[C@H](CO)Cc4ccccc4)nc(Cl)nc32)[C@@H](O)C1)C(=O)OCc1ccccc1. The summed E-state index contributed by atoms with van der Waals surface area (Å²) >= 11 is 6.28. The van der Waals surface area contributed by atoms with Crippen LogP contribution in [-0.4, -0.2) is 94.8 Å². The molecule has 5 rings (SSSR count). The number of rotatable bonds is 12. The number of benzene rings is 2. The van der Waals surface area contributed by atoms with Gasteiger partial charge in [0, 0.05) is 6.54 Å². The summed E-state index contributed by atoms with van der Waals surface area (Å²) in [7, 11) is 0. The Labute approximate surface area is 265 Å². The lowest BCUT2D eigenvalue weighted by molar-refractivity contribution is -0.176. The average Bonchev–Trinajstić information content (AvgIpc) is 3.65. The molecule has 2 aromatic heterocycles. The lowest BCUT2D eigenvalue weighted by atomic mass is 10.1. The number of imidazole rings is 1. The van der Waals surface area contributed by atoms with E-state index in [0.717, 1.165) is 11.1 Å². The van der Waals surface area contributed by atoms with Crippen molar-refractivity contribution in [3.05, 3.63) is 83.4 Å². The van der Waals surface area contributed by atoms with Gasteiger partial charge in [0.2, 0.25) is 5.28 Å². The molecule has 1 fully saturated rings. The Hall–Kier alpha value is -4.30. The van der Waals surface area contributed by atoms with Crippen molar-refractivity contribution in [2.45, 2.75) is 57.0 Å². The predicted octanol–water partition coefficient (Wildman–Crippen LogP) is 3.44. The summed E-state index contributed by atoms with van der Waals surface area (Å²) in [6.45, 7) is 1.41. The highest BCUT2D eigenvalue weighted by atomic mass is 35.5. The van der Waals surface area contributed by atoms with Crippen molar-refractivity contribution >= 4 is 40.6 Å². The number of aliphatic hydroxyl groups excluding tert-OH is 2. The van der Waals surface area contributed by atoms with E-state index in [4.69, 9.17) is 16.3 Å². The molecule has 14 heteroatoms. The first kappa shape index (κ1) is 32.1. The number of carbonyl (C=O) groups excluding carboxylic acids is 2. The van der Waals surface area contributed by atoms with Crippen LogP contribution in [0.15, 0.2) is 67.0 Å². The van der Waals surface area contributed by atoms with Crippen molar-refractivity contribution in [2.24, 2.45) is 0 Å². The van der Waals surface area contributed by atoms with Crippen LogP contribution in [0.3, 0.4) is 0 Å². The van der Waals surface area contributed by atoms with Gasteiger partial charge in [-0.25, -0.2) is 14.8 Å². The van der Waals surface area contributed by atoms with E-state index in [2.05, 4.69) is 20.3 Å². The first-order valence-corrected chi connectivity index (χ1v) is 15.1. The summed E-state index contributed by atoms with van der Waals surface area (Å²) in [4.78, 5) is 39.9. The third-order valence-electron chi connectivity index (χ3n) is 7.88. The molecule has 0 saturated heterocycles. The highest BCUT2D eigenvalue weighted by Crippen LogP contribution is 2.36. The number of aromatic nitrogens is 4. The van der Waals surface area contributed by atoms with Crippen LogP contribution < -0.4 is 5.32 Å². The van der Waals surface area contributed by atoms with Crippen molar-refractivity contribution in [3.63, 3.8) is 0 Å². The van der Waals surface area contributed by atoms with Crippen LogP contribution in [0.2, 0.25) is 5.28 Å². The van der Waals surface area contributed by atoms with Crippen molar-refractivity contribution < 1.29 is 29.7 Å². The number of hydrogen-bond donors (Lipinski definition) is 4. The molecule has 1 aliphatic rings. The molecule has 238 valence electrons. The van der Waals surface area contributed by atoms with Gasteiger partial charge in [-0.15, -0.1) is 0 Å². The minimum atomic E-state index is -0.943. The van der Waals surface area contributed by atoms with Gasteiger partial charge < -0.3 is 24.8 Å². The fraction of sp³-hybridized carbons (Fsp3) is 0.387. The van der Waals surface area contributed by atoms with Crippen molar-refractivity contribution in [2.75, 3.05) is 25.0 Å². The fourth-order valence-electron chi connectivity index (χ4n) is 5.51. The standard InChI is InChI=1S/C31H36ClN7O6/c1-2-37(31(43)45-18-21-11-7-4-8-12-21)16-26(42)39(44)23-14-24(25(41)15-23)38-19-33-27-28(35-30(32)36-29(27)38)34-22(17-40)13-20-9-5-3-6-10-20/h3-12,19,22-25,40-41,44H,2,13-18H2,1H3,(H,34,35,36)/t22-,23?,24+,25-/m0/s1. The van der Waals surface area contributed by atoms with Gasteiger partial charge in [0.1, 0.15) is 13.2 Å². The van der Waals surface area contributed by atoms with Crippen LogP contribution in [0, 0.1) is 0 Å². The number of fused-ring (bicyclic) bond motifs is 1. The summed E-state index contributed by atoms with van der Waals surface area (Å²) in [5, 5.41) is 35.6. The lowest BCUT2D eigenvalue weighted by Crippen LogP contribution is -2.45. The molecule has 13 nitrogen and oxygen atoms in total. The van der Waals surface area contributed by atoms with Gasteiger partial charge in [0.05, 0.1) is 37.2 Å². The van der Waals surface area contributed by atoms with E-state index < -0.39 is 36.7 Å². The Kier molecular flexibility index (Phi) is 10.5. The van der Waals surface area contributed by atoms with E-state index in [-0.39, 0.29) is 43.9 Å². The number of carbonyl (C=O) groups is 2. The number of amides is 2. The summed E-state index contributed by atoms with van der Waals surface area (Å²) in [5.74, 6) is -0.368. The molecule has 2 heterocycles. The molecule has 4 atom stereocenters. The number of ether oxygens (including phenoxy) is 1. The van der Waals surface area contributed by atoms with E-state index in [1.807, 2.05) is 60.7 Å². The fourth-order valence-corrected chi connectivity index (χ4v) is 5.67. The second-order valence-corrected chi connectivity index (χ2v) is 11.3. The Morgan fingerprint density at radius 3 is 2.44 bits per heavy atom. The molecular weight excluding hydrogens is 602 g/mol. The lowest BCUT2D eigenvalue weighted by Gasteiger charge is -2.26. The molecule has 45 heavy (non-hydrogen) atoms. The molecule has 2 amide bonds. The third kappa shape index (κ3) is 7.68. The Morgan fingerprint density at radius 1 is 1.09 bits per heavy atom. The van der Waals surface area contributed by atoms with Gasteiger partial charge in [-0.2, -0.15) is 9.97 Å². The molecule has 0 bridgehead atoms. The number of hydroxylamine groups is 2. The number of halogens is 1. The van der Waals surface area contributed by atoms with Crippen molar-refractivity contribution in [1.29, 1.82) is 0 Å². The van der Waals surface area contributed by atoms with Gasteiger partial charge in [-0.3, -0.25) is 14.9 Å². The second kappa shape index (κ2) is 14.7. The summed E-state index contributed by atoms with van der Waals surface area (Å²) in [5.41, 5.74) is 2.59. The molecule has 0 radical (unpaired) electrons. The average molecular weight is 638 g/mol. The van der Waals surface area contributed by atoms with Crippen LogP contribution >= 0.6 is 11.6 Å². The summed E-state index contributed by atoms with van der Waals surface area (Å²) in [6.07, 6.45) is 0.701. The molecule has 4 aromatic rings. The topological polar surface area (TPSA) is 166 Å². The molecule has 0 spiro atoms. The number of hydrogen-bond acceptors (Lipinski definition) is 10. The summed E-state index contributed by atoms with van der Waals surface area (Å²) < 4.78 is 6.99. The summed E-state index contributed by atoms with van der Waals surface area (Å²) in [6, 6.07) is 17.2. The van der Waals surface area contributed by atoms with Crippen LogP contribution in [0.4, 0.5) is 10.6 Å². The first-order chi connectivity index (χ1) is 21.8. The van der Waals surface area contributed by atoms with E-state index >= 15 is 0 Å². The van der Waals surface area contributed by atoms with Gasteiger partial charge in [-0.1, -0.05) is 60.7 Å². The van der Waals surface area contributed by atoms with Crippen molar-refractivity contribution in [1.82, 2.24) is 29.5 Å². The van der Waals surface area contributed by atoms with Crippen LogP contribution in [0.5, 0.6) is 0 Å². The van der Waals surface area contributed by atoms with E-state index in [1.54, 1.807) is 11.5 Å². The largest absolute Gasteiger partial charge is 0.445 e. The Morgan fingerprint density at radius 2 is 1.78 bits per heavy atom. The van der Waals surface area contributed by atoms with E-state index in [1.165, 1.54) is 11.2 Å². The van der Waals surface area contributed by atoms with Gasteiger partial charge in [0.25, 0.3) is 5.91 Å². The number of aliphatic hydroxyl groups is 2. The Bertz CT molecular complexity index is 1590. The van der Waals surface area contributed by atoms with Gasteiger partial charge in [-0.05, 0) is 48.9 Å². The molecule has 4 N–H and O–H groups in total. The zero-order chi connectivity index (χ0) is 31.9. The smallest absolute Gasteiger partial charge is 0.410 e. The maximum Gasteiger partial charge on any atom is 0.410 e. The molecule has 2 aromatic carbocycles. The highest BCUT2D eigenvalue weighted by molar-refractivity contribution is 6.28. The van der Waals surface area contributed by atoms with Crippen molar-refractivity contribution in [3.8, 4) is 0 Å². The van der Waals surface area contributed by atoms with Crippen LogP contribution in [0.1, 0.15) is 36.9 Å². The molecule has 1 unspecified atom stereocenters. The third-order valence-corrected chi connectivity index (χ3v) is 8.05. The van der Waals surface area contributed by atoms with Crippen LogP contribution in [-0.2, 0) is 22.6 Å². The van der Waals surface area contributed by atoms with Crippen LogP contribution in [0.25, 0.3) is 11.2 Å². The molecule has 1 saturated carbocycles.